The molecule has 1 unspecified atom stereocenters. The average molecular weight is 384 g/mol. The zero-order valence-corrected chi connectivity index (χ0v) is 15.4. The Bertz CT molecular complexity index is 613. The number of hydrogen-bond acceptors (Lipinski definition) is 4. The molecule has 6 nitrogen and oxygen atoms in total. The summed E-state index contributed by atoms with van der Waals surface area (Å²) in [4.78, 5) is 30.2. The van der Waals surface area contributed by atoms with Crippen LogP contribution in [0.25, 0.3) is 0 Å². The molecule has 1 atom stereocenters. The van der Waals surface area contributed by atoms with Crippen LogP contribution in [0.1, 0.15) is 32.9 Å². The lowest BCUT2D eigenvalue weighted by atomic mass is 10.1. The van der Waals surface area contributed by atoms with Gasteiger partial charge in [0.05, 0.1) is 11.6 Å². The molecule has 0 saturated carbocycles. The van der Waals surface area contributed by atoms with Crippen LogP contribution in [0.4, 0.5) is 10.5 Å². The predicted octanol–water partition coefficient (Wildman–Crippen LogP) is 3.35. The van der Waals surface area contributed by atoms with Crippen LogP contribution in [0.5, 0.6) is 0 Å². The molecule has 0 radical (unpaired) electrons. The van der Waals surface area contributed by atoms with Crippen molar-refractivity contribution in [3.63, 3.8) is 0 Å². The minimum Gasteiger partial charge on any atom is -0.444 e. The number of carbonyl (C=O) groups excluding carboxylic acids is 2. The molecule has 0 aromatic carbocycles. The van der Waals surface area contributed by atoms with Crippen molar-refractivity contribution in [3.8, 4) is 0 Å². The highest BCUT2D eigenvalue weighted by atomic mass is 79.9. The highest BCUT2D eigenvalue weighted by molar-refractivity contribution is 9.10. The van der Waals surface area contributed by atoms with Crippen molar-refractivity contribution in [1.82, 2.24) is 9.88 Å². The maximum absolute atomic E-state index is 12.4. The molecule has 23 heavy (non-hydrogen) atoms. The number of anilines is 1. The van der Waals surface area contributed by atoms with Gasteiger partial charge in [0.25, 0.3) is 0 Å². The SMILES string of the molecule is Cc1ccc(NC(=O)C2CCN(C(=O)OC(C)(C)C)C2)c(Br)n1. The molecular weight excluding hydrogens is 362 g/mol. The van der Waals surface area contributed by atoms with Gasteiger partial charge in [-0.15, -0.1) is 0 Å². The first-order valence-electron chi connectivity index (χ1n) is 7.57. The van der Waals surface area contributed by atoms with Crippen LogP contribution >= 0.6 is 15.9 Å². The number of aromatic nitrogens is 1. The molecule has 1 aromatic rings. The standard InChI is InChI=1S/C16H22BrN3O3/c1-10-5-6-12(13(17)18-10)19-14(21)11-7-8-20(9-11)15(22)23-16(2,3)4/h5-6,11H,7-9H2,1-4H3,(H,19,21). The van der Waals surface area contributed by atoms with Crippen molar-refractivity contribution in [1.29, 1.82) is 0 Å². The van der Waals surface area contributed by atoms with Gasteiger partial charge in [0, 0.05) is 18.8 Å². The Morgan fingerprint density at radius 3 is 2.70 bits per heavy atom. The highest BCUT2D eigenvalue weighted by Crippen LogP contribution is 2.24. The second-order valence-electron chi connectivity index (χ2n) is 6.69. The monoisotopic (exact) mass is 383 g/mol. The molecule has 1 fully saturated rings. The Balaban J connectivity index is 1.93. The minimum atomic E-state index is -0.532. The molecule has 0 spiro atoms. The number of hydrogen-bond donors (Lipinski definition) is 1. The van der Waals surface area contributed by atoms with Crippen LogP contribution < -0.4 is 5.32 Å². The predicted molar refractivity (Wildman–Crippen MR) is 91.2 cm³/mol. The Morgan fingerprint density at radius 1 is 1.39 bits per heavy atom. The smallest absolute Gasteiger partial charge is 0.410 e. The Kier molecular flexibility index (Phi) is 5.29. The maximum Gasteiger partial charge on any atom is 0.410 e. The zero-order chi connectivity index (χ0) is 17.2. The van der Waals surface area contributed by atoms with E-state index < -0.39 is 5.60 Å². The fraction of sp³-hybridized carbons (Fsp3) is 0.562. The number of aryl methyl sites for hydroxylation is 1. The van der Waals surface area contributed by atoms with Crippen molar-refractivity contribution < 1.29 is 14.3 Å². The number of carbonyl (C=O) groups is 2. The summed E-state index contributed by atoms with van der Waals surface area (Å²) in [6.07, 6.45) is 0.258. The van der Waals surface area contributed by atoms with E-state index >= 15 is 0 Å². The largest absolute Gasteiger partial charge is 0.444 e. The first-order chi connectivity index (χ1) is 10.7. The average Bonchev–Trinajstić information content (AvgIpc) is 2.90. The summed E-state index contributed by atoms with van der Waals surface area (Å²) in [7, 11) is 0. The van der Waals surface area contributed by atoms with Crippen molar-refractivity contribution in [2.75, 3.05) is 18.4 Å². The molecule has 1 saturated heterocycles. The first-order valence-corrected chi connectivity index (χ1v) is 8.37. The number of likely N-dealkylation sites (tertiary alicyclic amines) is 1. The summed E-state index contributed by atoms with van der Waals surface area (Å²) in [6, 6.07) is 3.65. The lowest BCUT2D eigenvalue weighted by Crippen LogP contribution is -2.36. The van der Waals surface area contributed by atoms with Gasteiger partial charge in [0.1, 0.15) is 10.2 Å². The third-order valence-electron chi connectivity index (χ3n) is 3.46. The normalized spacial score (nSPS) is 18.0. The highest BCUT2D eigenvalue weighted by Gasteiger charge is 2.33. The number of pyridine rings is 1. The van der Waals surface area contributed by atoms with Gasteiger partial charge in [0.15, 0.2) is 0 Å². The van der Waals surface area contributed by atoms with E-state index in [1.165, 1.54) is 0 Å². The Labute approximate surface area is 144 Å². The van der Waals surface area contributed by atoms with Gasteiger partial charge >= 0.3 is 6.09 Å². The van der Waals surface area contributed by atoms with Gasteiger partial charge in [-0.05, 0) is 62.2 Å². The van der Waals surface area contributed by atoms with Crippen LogP contribution in [-0.2, 0) is 9.53 Å². The van der Waals surface area contributed by atoms with Crippen LogP contribution in [-0.4, -0.2) is 40.6 Å². The van der Waals surface area contributed by atoms with Crippen LogP contribution in [0.2, 0.25) is 0 Å². The molecule has 7 heteroatoms. The van der Waals surface area contributed by atoms with Crippen LogP contribution in [0.3, 0.4) is 0 Å². The maximum atomic E-state index is 12.4. The van der Waals surface area contributed by atoms with Crippen LogP contribution in [0, 0.1) is 12.8 Å². The van der Waals surface area contributed by atoms with Crippen molar-refractivity contribution in [3.05, 3.63) is 22.4 Å². The van der Waals surface area contributed by atoms with Crippen molar-refractivity contribution in [2.24, 2.45) is 5.92 Å². The third-order valence-corrected chi connectivity index (χ3v) is 4.06. The van der Waals surface area contributed by atoms with Gasteiger partial charge in [-0.3, -0.25) is 4.79 Å². The van der Waals surface area contributed by atoms with Crippen LogP contribution in [0.15, 0.2) is 16.7 Å². The molecular formula is C16H22BrN3O3. The Hall–Kier alpha value is -1.63. The molecule has 2 amide bonds. The molecule has 0 aliphatic carbocycles. The number of ether oxygens (including phenoxy) is 1. The number of amides is 2. The number of nitrogens with zero attached hydrogens (tertiary/aromatic N) is 2. The first kappa shape index (κ1) is 17.7. The lowest BCUT2D eigenvalue weighted by molar-refractivity contribution is -0.119. The number of rotatable bonds is 2. The molecule has 1 aliphatic rings. The zero-order valence-electron chi connectivity index (χ0n) is 13.9. The second-order valence-corrected chi connectivity index (χ2v) is 7.44. The summed E-state index contributed by atoms with van der Waals surface area (Å²) in [5.74, 6) is -0.349. The molecule has 0 bridgehead atoms. The molecule has 1 N–H and O–H groups in total. The topological polar surface area (TPSA) is 71.5 Å². The summed E-state index contributed by atoms with van der Waals surface area (Å²) in [5, 5.41) is 2.86. The van der Waals surface area contributed by atoms with E-state index in [0.717, 1.165) is 5.69 Å². The summed E-state index contributed by atoms with van der Waals surface area (Å²) < 4.78 is 5.94. The third kappa shape index (κ3) is 4.92. The second kappa shape index (κ2) is 6.86. The lowest BCUT2D eigenvalue weighted by Gasteiger charge is -2.24. The van der Waals surface area contributed by atoms with E-state index in [0.29, 0.717) is 29.8 Å². The van der Waals surface area contributed by atoms with Gasteiger partial charge in [-0.1, -0.05) is 0 Å². The van der Waals surface area contributed by atoms with E-state index in [4.69, 9.17) is 4.74 Å². The van der Waals surface area contributed by atoms with E-state index in [-0.39, 0.29) is 17.9 Å². The van der Waals surface area contributed by atoms with Gasteiger partial charge in [-0.2, -0.15) is 0 Å². The summed E-state index contributed by atoms with van der Waals surface area (Å²) in [5.41, 5.74) is 0.971. The van der Waals surface area contributed by atoms with Crippen molar-refractivity contribution in [2.45, 2.75) is 39.7 Å². The molecule has 1 aliphatic heterocycles. The van der Waals surface area contributed by atoms with Gasteiger partial charge in [0.2, 0.25) is 5.91 Å². The van der Waals surface area contributed by atoms with Gasteiger partial charge < -0.3 is 15.0 Å². The fourth-order valence-corrected chi connectivity index (χ4v) is 2.83. The molecule has 2 heterocycles. The van der Waals surface area contributed by atoms with E-state index in [1.54, 1.807) is 4.90 Å². The quantitative estimate of drug-likeness (QED) is 0.794. The van der Waals surface area contributed by atoms with Gasteiger partial charge in [-0.25, -0.2) is 9.78 Å². The summed E-state index contributed by atoms with van der Waals surface area (Å²) >= 11 is 3.34. The molecule has 1 aromatic heterocycles. The number of nitrogens with one attached hydrogen (secondary N) is 1. The Morgan fingerprint density at radius 2 is 2.09 bits per heavy atom. The van der Waals surface area contributed by atoms with E-state index in [2.05, 4.69) is 26.2 Å². The number of halogens is 1. The van der Waals surface area contributed by atoms with Crippen molar-refractivity contribution >= 4 is 33.6 Å². The van der Waals surface area contributed by atoms with E-state index in [9.17, 15) is 9.59 Å². The summed E-state index contributed by atoms with van der Waals surface area (Å²) in [6.45, 7) is 8.26. The minimum absolute atomic E-state index is 0.109. The fourth-order valence-electron chi connectivity index (χ4n) is 2.32. The molecule has 126 valence electrons. The van der Waals surface area contributed by atoms with E-state index in [1.807, 2.05) is 39.8 Å². The molecule has 2 rings (SSSR count).